The number of nitrogens with zero attached hydrogens (tertiary/aromatic N) is 1. The minimum Gasteiger partial charge on any atom is -0.507 e. The highest BCUT2D eigenvalue weighted by molar-refractivity contribution is 9.10. The van der Waals surface area contributed by atoms with Crippen molar-refractivity contribution in [2.24, 2.45) is 0 Å². The van der Waals surface area contributed by atoms with Crippen molar-refractivity contribution in [3.05, 3.63) is 51.8 Å². The number of aromatic hydroxyl groups is 1. The van der Waals surface area contributed by atoms with Crippen LogP contribution in [0.25, 0.3) is 0 Å². The molecular weight excluding hydrogens is 594 g/mol. The van der Waals surface area contributed by atoms with Crippen LogP contribution in [0.1, 0.15) is 118 Å². The lowest BCUT2D eigenvalue weighted by atomic mass is 10.1. The van der Waals surface area contributed by atoms with E-state index in [0.29, 0.717) is 30.1 Å². The third-order valence-electron chi connectivity index (χ3n) is 6.20. The van der Waals surface area contributed by atoms with Crippen LogP contribution in [0.5, 0.6) is 5.75 Å². The molecule has 1 atom stereocenters. The molecule has 0 saturated carbocycles. The van der Waals surface area contributed by atoms with E-state index in [9.17, 15) is 9.90 Å². The number of Topliss-reactive ketones (excluding diaryl/α,β-unsaturated/α-hetero) is 1. The topological polar surface area (TPSA) is 94.1 Å². The average Bonchev–Trinajstić information content (AvgIpc) is 3.29. The van der Waals surface area contributed by atoms with Crippen molar-refractivity contribution >= 4 is 21.7 Å². The normalized spacial score (nSPS) is 16.3. The Balaban J connectivity index is 0.00000132. The van der Waals surface area contributed by atoms with Crippen LogP contribution in [0.2, 0.25) is 0 Å². The van der Waals surface area contributed by atoms with Gasteiger partial charge in [0, 0.05) is 44.5 Å². The second kappa shape index (κ2) is 24.6. The second-order valence-electron chi connectivity index (χ2n) is 11.1. The summed E-state index contributed by atoms with van der Waals surface area (Å²) in [7, 11) is 0. The van der Waals surface area contributed by atoms with E-state index < -0.39 is 0 Å². The van der Waals surface area contributed by atoms with E-state index in [4.69, 9.17) is 9.84 Å². The largest absolute Gasteiger partial charge is 0.507 e. The Kier molecular flexibility index (Phi) is 23.5. The summed E-state index contributed by atoms with van der Waals surface area (Å²) in [5.74, 6) is 0.438. The third-order valence-corrected chi connectivity index (χ3v) is 6.84. The lowest BCUT2D eigenvalue weighted by Crippen LogP contribution is -2.54. The van der Waals surface area contributed by atoms with Crippen LogP contribution in [0.15, 0.2) is 46.2 Å². The summed E-state index contributed by atoms with van der Waals surface area (Å²) in [4.78, 5) is 15.5. The van der Waals surface area contributed by atoms with Gasteiger partial charge in [-0.05, 0) is 86.0 Å². The molecule has 1 unspecified atom stereocenters. The van der Waals surface area contributed by atoms with Crippen LogP contribution in [-0.2, 0) is 16.1 Å². The summed E-state index contributed by atoms with van der Waals surface area (Å²) in [6.07, 6.45) is 9.45. The van der Waals surface area contributed by atoms with Gasteiger partial charge in [-0.2, -0.15) is 0 Å². The number of unbranched alkanes of at least 4 members (excludes halogenated alkanes) is 2. The van der Waals surface area contributed by atoms with E-state index in [1.54, 1.807) is 6.07 Å². The van der Waals surface area contributed by atoms with Crippen molar-refractivity contribution < 1.29 is 19.7 Å². The van der Waals surface area contributed by atoms with Crippen molar-refractivity contribution in [1.82, 2.24) is 15.5 Å². The molecule has 1 aromatic rings. The zero-order chi connectivity index (χ0) is 31.9. The van der Waals surface area contributed by atoms with E-state index in [1.807, 2.05) is 32.9 Å². The van der Waals surface area contributed by atoms with Crippen molar-refractivity contribution in [3.8, 4) is 5.75 Å². The maximum Gasteiger partial charge on any atom is 0.180 e. The Hall–Kier alpha value is -1.87. The van der Waals surface area contributed by atoms with Gasteiger partial charge in [0.25, 0.3) is 0 Å². The van der Waals surface area contributed by atoms with E-state index in [0.717, 1.165) is 81.5 Å². The van der Waals surface area contributed by atoms with Crippen LogP contribution in [0.3, 0.4) is 0 Å². The van der Waals surface area contributed by atoms with Gasteiger partial charge in [-0.1, -0.05) is 65.5 Å². The predicted octanol–water partition coefficient (Wildman–Crippen LogP) is 8.16. The summed E-state index contributed by atoms with van der Waals surface area (Å²) >= 11 is 3.42. The molecule has 2 heterocycles. The minimum absolute atomic E-state index is 0.122. The number of ether oxygens (including phenoxy) is 1. The predicted molar refractivity (Wildman–Crippen MR) is 180 cm³/mol. The number of allylic oxidation sites excluding steroid dienone is 3. The van der Waals surface area contributed by atoms with Crippen LogP contribution in [0.4, 0.5) is 0 Å². The monoisotopic (exact) mass is 653 g/mol. The Morgan fingerprint density at radius 2 is 1.67 bits per heavy atom. The van der Waals surface area contributed by atoms with Crippen molar-refractivity contribution in [3.63, 3.8) is 0 Å². The molecule has 4 N–H and O–H groups in total. The first-order chi connectivity index (χ1) is 20.1. The number of ketones is 1. The van der Waals surface area contributed by atoms with E-state index in [2.05, 4.69) is 65.7 Å². The van der Waals surface area contributed by atoms with Gasteiger partial charge in [0.05, 0.1) is 4.47 Å². The maximum absolute atomic E-state index is 13.3. The summed E-state index contributed by atoms with van der Waals surface area (Å²) in [5.41, 5.74) is 4.10. The number of nitrogens with one attached hydrogen (secondary N) is 2. The SMILES string of the molecule is C=C(C)C.CCC.CCCCC(=O)C1=C(CCCC)NC(NC2CCOCC2)N1Cc1ccc(O)c(Br)c1.CCCO. The molecule has 8 heteroatoms. The summed E-state index contributed by atoms with van der Waals surface area (Å²) in [5, 5.41) is 25.2. The van der Waals surface area contributed by atoms with Crippen molar-refractivity contribution in [2.45, 2.75) is 132 Å². The van der Waals surface area contributed by atoms with E-state index >= 15 is 0 Å². The van der Waals surface area contributed by atoms with Gasteiger partial charge < -0.3 is 25.2 Å². The Labute approximate surface area is 265 Å². The summed E-state index contributed by atoms with van der Waals surface area (Å²) in [6.45, 7) is 20.4. The van der Waals surface area contributed by atoms with Gasteiger partial charge in [0.15, 0.2) is 12.1 Å². The van der Waals surface area contributed by atoms with Gasteiger partial charge in [0.1, 0.15) is 11.4 Å². The van der Waals surface area contributed by atoms with Crippen molar-refractivity contribution in [2.75, 3.05) is 19.8 Å². The molecule has 1 saturated heterocycles. The molecule has 1 fully saturated rings. The van der Waals surface area contributed by atoms with Crippen LogP contribution >= 0.6 is 15.9 Å². The number of carbonyl (C=O) groups excluding carboxylic acids is 1. The molecule has 242 valence electrons. The molecule has 0 radical (unpaired) electrons. The second-order valence-corrected chi connectivity index (χ2v) is 12.0. The fourth-order valence-electron chi connectivity index (χ4n) is 4.18. The molecular formula is C34H60BrN3O4. The lowest BCUT2D eigenvalue weighted by molar-refractivity contribution is -0.117. The van der Waals surface area contributed by atoms with Gasteiger partial charge in [-0.15, -0.1) is 6.58 Å². The highest BCUT2D eigenvalue weighted by Crippen LogP contribution is 2.30. The number of halogens is 1. The fourth-order valence-corrected chi connectivity index (χ4v) is 4.60. The number of rotatable bonds is 12. The first kappa shape index (κ1) is 40.1. The lowest BCUT2D eigenvalue weighted by Gasteiger charge is -2.34. The quantitative estimate of drug-likeness (QED) is 0.169. The average molecular weight is 655 g/mol. The number of phenols is 1. The highest BCUT2D eigenvalue weighted by Gasteiger charge is 2.35. The maximum atomic E-state index is 13.3. The van der Waals surface area contributed by atoms with Gasteiger partial charge >= 0.3 is 0 Å². The van der Waals surface area contributed by atoms with Crippen LogP contribution in [-0.4, -0.2) is 53.0 Å². The van der Waals surface area contributed by atoms with E-state index in [1.165, 1.54) is 12.0 Å². The number of aliphatic hydroxyl groups excluding tert-OH is 1. The summed E-state index contributed by atoms with van der Waals surface area (Å²) in [6, 6.07) is 5.91. The van der Waals surface area contributed by atoms with Gasteiger partial charge in [-0.25, -0.2) is 0 Å². The molecule has 0 spiro atoms. The molecule has 0 aliphatic carbocycles. The number of hydrogen-bond acceptors (Lipinski definition) is 7. The van der Waals surface area contributed by atoms with Crippen molar-refractivity contribution in [1.29, 1.82) is 0 Å². The number of hydrogen-bond donors (Lipinski definition) is 4. The summed E-state index contributed by atoms with van der Waals surface area (Å²) < 4.78 is 6.19. The fraction of sp³-hybridized carbons (Fsp3) is 0.676. The van der Waals surface area contributed by atoms with Crippen LogP contribution < -0.4 is 10.6 Å². The number of carbonyl (C=O) groups is 1. The zero-order valence-corrected chi connectivity index (χ0v) is 29.1. The standard InChI is InChI=1S/C24H36BrN3O3.C4H8.C3H8O.C3H8/c1-3-5-7-20-23(22(30)8-6-4-2)28(16-17-9-10-21(29)19(25)15-17)24(27-20)26-18-11-13-31-14-12-18;1-4(2)3;1-2-3-4;1-3-2/h9-10,15,18,24,26-27,29H,3-8,11-14,16H2,1-2H3;1H2,2-3H3;4H,2-3H2,1H3;3H2,1-2H3. The third kappa shape index (κ3) is 16.7. The molecule has 0 amide bonds. The Morgan fingerprint density at radius 1 is 1.10 bits per heavy atom. The molecule has 0 bridgehead atoms. The van der Waals surface area contributed by atoms with Gasteiger partial charge in [0.2, 0.25) is 0 Å². The van der Waals surface area contributed by atoms with E-state index in [-0.39, 0.29) is 17.8 Å². The first-order valence-electron chi connectivity index (χ1n) is 15.9. The number of phenolic OH excluding ortho intramolecular Hbond substituents is 1. The Bertz CT molecular complexity index is 910. The highest BCUT2D eigenvalue weighted by atomic mass is 79.9. The molecule has 2 aliphatic heterocycles. The number of aliphatic hydroxyl groups is 1. The zero-order valence-electron chi connectivity index (χ0n) is 27.5. The Morgan fingerprint density at radius 3 is 2.17 bits per heavy atom. The molecule has 7 nitrogen and oxygen atoms in total. The first-order valence-corrected chi connectivity index (χ1v) is 16.7. The molecule has 3 rings (SSSR count). The van der Waals surface area contributed by atoms with Gasteiger partial charge in [-0.3, -0.25) is 10.1 Å². The minimum atomic E-state index is -0.122. The molecule has 42 heavy (non-hydrogen) atoms. The van der Waals surface area contributed by atoms with Crippen LogP contribution in [0, 0.1) is 0 Å². The smallest absolute Gasteiger partial charge is 0.180 e. The molecule has 2 aliphatic rings. The molecule has 1 aromatic carbocycles. The molecule has 0 aromatic heterocycles. The number of benzene rings is 1.